The summed E-state index contributed by atoms with van der Waals surface area (Å²) < 4.78 is 0. The molecule has 4 nitrogen and oxygen atoms in total. The van der Waals surface area contributed by atoms with Gasteiger partial charge in [0.15, 0.2) is 0 Å². The summed E-state index contributed by atoms with van der Waals surface area (Å²) in [5, 5.41) is 18.3. The van der Waals surface area contributed by atoms with E-state index < -0.39 is 11.7 Å². The van der Waals surface area contributed by atoms with Crippen molar-refractivity contribution in [2.45, 2.75) is 5.79 Å². The van der Waals surface area contributed by atoms with Crippen molar-refractivity contribution in [1.29, 1.82) is 0 Å². The highest BCUT2D eigenvalue weighted by molar-refractivity contribution is 5.82. The van der Waals surface area contributed by atoms with E-state index in [1.54, 1.807) is 18.2 Å². The highest BCUT2D eigenvalue weighted by atomic mass is 16.5. The van der Waals surface area contributed by atoms with Gasteiger partial charge in [-0.05, 0) is 0 Å². The van der Waals surface area contributed by atoms with Crippen molar-refractivity contribution >= 4 is 5.91 Å². The molecule has 4 heteroatoms. The van der Waals surface area contributed by atoms with E-state index in [9.17, 15) is 4.79 Å². The first-order valence-electron chi connectivity index (χ1n) is 3.35. The van der Waals surface area contributed by atoms with E-state index in [0.29, 0.717) is 0 Å². The molecule has 12 heavy (non-hydrogen) atoms. The van der Waals surface area contributed by atoms with Crippen LogP contribution in [0.3, 0.4) is 0 Å². The molecule has 0 aliphatic rings. The topological polar surface area (TPSA) is 83.6 Å². The van der Waals surface area contributed by atoms with Crippen molar-refractivity contribution in [2.24, 2.45) is 5.73 Å². The summed E-state index contributed by atoms with van der Waals surface area (Å²) in [5.74, 6) is -3.75. The van der Waals surface area contributed by atoms with E-state index in [2.05, 4.69) is 0 Å². The zero-order chi connectivity index (χ0) is 9.19. The van der Waals surface area contributed by atoms with Gasteiger partial charge in [0.1, 0.15) is 0 Å². The summed E-state index contributed by atoms with van der Waals surface area (Å²) in [6, 6.07) is 7.68. The molecule has 0 heterocycles. The lowest BCUT2D eigenvalue weighted by Crippen LogP contribution is -2.40. The lowest BCUT2D eigenvalue weighted by Gasteiger charge is -2.17. The van der Waals surface area contributed by atoms with Gasteiger partial charge in [0.25, 0.3) is 11.7 Å². The van der Waals surface area contributed by atoms with Crippen LogP contribution in [0.1, 0.15) is 5.56 Å². The minimum absolute atomic E-state index is 0.0671. The second-order valence-electron chi connectivity index (χ2n) is 2.40. The highest BCUT2D eigenvalue weighted by Gasteiger charge is 2.32. The van der Waals surface area contributed by atoms with Gasteiger partial charge in [0, 0.05) is 5.56 Å². The van der Waals surface area contributed by atoms with Crippen LogP contribution < -0.4 is 5.73 Å². The first kappa shape index (κ1) is 8.70. The van der Waals surface area contributed by atoms with Crippen molar-refractivity contribution in [3.8, 4) is 0 Å². The maximum atomic E-state index is 10.5. The molecule has 0 spiro atoms. The van der Waals surface area contributed by atoms with Crippen molar-refractivity contribution in [3.63, 3.8) is 0 Å². The fourth-order valence-electron chi connectivity index (χ4n) is 0.813. The van der Waals surface area contributed by atoms with E-state index in [1.165, 1.54) is 12.1 Å². The number of rotatable bonds is 2. The number of carbonyl (C=O) groups is 1. The summed E-state index contributed by atoms with van der Waals surface area (Å²) in [6.45, 7) is 0. The van der Waals surface area contributed by atoms with Gasteiger partial charge in [-0.15, -0.1) is 0 Å². The molecule has 0 saturated heterocycles. The molecule has 0 unspecified atom stereocenters. The molecule has 0 aliphatic heterocycles. The number of hydrogen-bond acceptors (Lipinski definition) is 3. The van der Waals surface area contributed by atoms with Crippen molar-refractivity contribution in [2.75, 3.05) is 0 Å². The minimum Gasteiger partial charge on any atom is -0.365 e. The number of carbonyl (C=O) groups excluding carboxylic acids is 1. The Labute approximate surface area is 69.3 Å². The Kier molecular flexibility index (Phi) is 2.12. The Morgan fingerprint density at radius 1 is 1.25 bits per heavy atom. The Morgan fingerprint density at radius 2 is 1.75 bits per heavy atom. The van der Waals surface area contributed by atoms with E-state index in [-0.39, 0.29) is 5.56 Å². The average molecular weight is 167 g/mol. The Hall–Kier alpha value is -1.39. The number of amides is 1. The predicted molar refractivity (Wildman–Crippen MR) is 41.8 cm³/mol. The van der Waals surface area contributed by atoms with Crippen LogP contribution in [0.25, 0.3) is 0 Å². The molecule has 0 saturated carbocycles. The van der Waals surface area contributed by atoms with Crippen molar-refractivity contribution in [3.05, 3.63) is 35.9 Å². The predicted octanol–water partition coefficient (Wildman–Crippen LogP) is -0.691. The summed E-state index contributed by atoms with van der Waals surface area (Å²) in [4.78, 5) is 10.5. The summed E-state index contributed by atoms with van der Waals surface area (Å²) in [5.41, 5.74) is 4.83. The van der Waals surface area contributed by atoms with E-state index in [4.69, 9.17) is 15.9 Å². The molecule has 0 aliphatic carbocycles. The monoisotopic (exact) mass is 167 g/mol. The van der Waals surface area contributed by atoms with Crippen molar-refractivity contribution < 1.29 is 15.0 Å². The standard InChI is InChI=1S/C8H9NO3/c9-7(10)8(11,12)6-4-2-1-3-5-6/h1-5,11-12H,(H2,9,10). The number of aliphatic hydroxyl groups is 2. The van der Waals surface area contributed by atoms with Crippen LogP contribution in [-0.4, -0.2) is 16.1 Å². The van der Waals surface area contributed by atoms with Gasteiger partial charge in [-0.2, -0.15) is 0 Å². The molecular weight excluding hydrogens is 158 g/mol. The fraction of sp³-hybridized carbons (Fsp3) is 0.125. The highest BCUT2D eigenvalue weighted by Crippen LogP contribution is 2.15. The lowest BCUT2D eigenvalue weighted by atomic mass is 10.1. The third-order valence-electron chi connectivity index (χ3n) is 1.52. The summed E-state index contributed by atoms with van der Waals surface area (Å²) in [7, 11) is 0. The van der Waals surface area contributed by atoms with Gasteiger partial charge in [-0.1, -0.05) is 30.3 Å². The van der Waals surface area contributed by atoms with Gasteiger partial charge >= 0.3 is 0 Å². The quantitative estimate of drug-likeness (QED) is 0.510. The molecule has 1 aromatic rings. The zero-order valence-corrected chi connectivity index (χ0v) is 6.27. The average Bonchev–Trinajstić information content (AvgIpc) is 2.06. The van der Waals surface area contributed by atoms with Gasteiger partial charge in [-0.25, -0.2) is 0 Å². The zero-order valence-electron chi connectivity index (χ0n) is 6.27. The lowest BCUT2D eigenvalue weighted by molar-refractivity contribution is -0.186. The van der Waals surface area contributed by atoms with Gasteiger partial charge in [-0.3, -0.25) is 4.79 Å². The van der Waals surface area contributed by atoms with Crippen LogP contribution >= 0.6 is 0 Å². The Morgan fingerprint density at radius 3 is 2.17 bits per heavy atom. The third-order valence-corrected chi connectivity index (χ3v) is 1.52. The van der Waals surface area contributed by atoms with Crippen LogP contribution in [0, 0.1) is 0 Å². The molecule has 0 bridgehead atoms. The van der Waals surface area contributed by atoms with E-state index in [1.807, 2.05) is 0 Å². The number of primary amides is 1. The number of hydrogen-bond donors (Lipinski definition) is 3. The summed E-state index contributed by atoms with van der Waals surface area (Å²) >= 11 is 0. The normalized spacial score (nSPS) is 11.2. The van der Waals surface area contributed by atoms with Gasteiger partial charge in [0.2, 0.25) is 0 Å². The molecule has 0 radical (unpaired) electrons. The van der Waals surface area contributed by atoms with Crippen LogP contribution in [0.5, 0.6) is 0 Å². The van der Waals surface area contributed by atoms with E-state index >= 15 is 0 Å². The van der Waals surface area contributed by atoms with E-state index in [0.717, 1.165) is 0 Å². The van der Waals surface area contributed by atoms with Crippen molar-refractivity contribution in [1.82, 2.24) is 0 Å². The third kappa shape index (κ3) is 1.44. The smallest absolute Gasteiger partial charge is 0.282 e. The van der Waals surface area contributed by atoms with Gasteiger partial charge in [0.05, 0.1) is 0 Å². The molecule has 0 atom stereocenters. The SMILES string of the molecule is NC(=O)C(O)(O)c1ccccc1. The maximum absolute atomic E-state index is 10.5. The second kappa shape index (κ2) is 2.92. The molecule has 64 valence electrons. The Bertz CT molecular complexity index is 282. The van der Waals surface area contributed by atoms with Gasteiger partial charge < -0.3 is 15.9 Å². The molecule has 4 N–H and O–H groups in total. The molecule has 1 aromatic carbocycles. The van der Waals surface area contributed by atoms with Crippen LogP contribution in [-0.2, 0) is 10.6 Å². The number of benzene rings is 1. The van der Waals surface area contributed by atoms with Crippen LogP contribution in [0.15, 0.2) is 30.3 Å². The number of nitrogens with two attached hydrogens (primary N) is 1. The minimum atomic E-state index is -2.57. The Balaban J connectivity index is 3.06. The molecule has 1 amide bonds. The molecular formula is C8H9NO3. The first-order valence-corrected chi connectivity index (χ1v) is 3.35. The fourth-order valence-corrected chi connectivity index (χ4v) is 0.813. The molecule has 0 fully saturated rings. The van der Waals surface area contributed by atoms with Crippen LogP contribution in [0.2, 0.25) is 0 Å². The first-order chi connectivity index (χ1) is 5.55. The second-order valence-corrected chi connectivity index (χ2v) is 2.40. The maximum Gasteiger partial charge on any atom is 0.282 e. The summed E-state index contributed by atoms with van der Waals surface area (Å²) in [6.07, 6.45) is 0. The van der Waals surface area contributed by atoms with Crippen LogP contribution in [0.4, 0.5) is 0 Å². The largest absolute Gasteiger partial charge is 0.365 e. The molecule has 0 aromatic heterocycles. The molecule has 1 rings (SSSR count).